The van der Waals surface area contributed by atoms with E-state index in [1.165, 1.54) is 0 Å². The summed E-state index contributed by atoms with van der Waals surface area (Å²) in [7, 11) is -0.111. The minimum Gasteiger partial charge on any atom is -0.464 e. The molecule has 1 aromatic heterocycles. The van der Waals surface area contributed by atoms with Crippen molar-refractivity contribution in [3.05, 3.63) is 72.0 Å². The highest BCUT2D eigenvalue weighted by Crippen LogP contribution is 2.21. The van der Waals surface area contributed by atoms with E-state index < -0.39 is 0 Å². The van der Waals surface area contributed by atoms with Crippen molar-refractivity contribution in [3.63, 3.8) is 0 Å². The van der Waals surface area contributed by atoms with E-state index in [9.17, 15) is 9.82 Å². The first-order valence-electron chi connectivity index (χ1n) is 7.65. The van der Waals surface area contributed by atoms with Crippen LogP contribution in [0.15, 0.2) is 65.3 Å². The molecule has 0 aliphatic carbocycles. The third-order valence-corrected chi connectivity index (χ3v) is 3.82. The van der Waals surface area contributed by atoms with Crippen molar-refractivity contribution in [2.45, 2.75) is 18.8 Å². The standard InChI is InChI=1S/C18H18BNO3/c21-18(10-13-6-2-1-3-7-13)20-17(19-22)11-14-12-23-16-9-5-4-8-15(14)16/h1-9,12,17,19,22H,10-11H2,(H,20,21). The lowest BCUT2D eigenvalue weighted by Crippen LogP contribution is -2.41. The molecule has 0 aliphatic heterocycles. The second-order valence-electron chi connectivity index (χ2n) is 5.57. The Morgan fingerprint density at radius 1 is 1.13 bits per heavy atom. The fourth-order valence-electron chi connectivity index (χ4n) is 2.68. The molecule has 23 heavy (non-hydrogen) atoms. The summed E-state index contributed by atoms with van der Waals surface area (Å²) in [6.45, 7) is 0. The van der Waals surface area contributed by atoms with Crippen LogP contribution in [0.2, 0.25) is 0 Å². The van der Waals surface area contributed by atoms with Crippen molar-refractivity contribution in [3.8, 4) is 0 Å². The van der Waals surface area contributed by atoms with Gasteiger partial charge in [-0.1, -0.05) is 48.5 Å². The van der Waals surface area contributed by atoms with Gasteiger partial charge >= 0.3 is 0 Å². The van der Waals surface area contributed by atoms with Crippen LogP contribution in [0, 0.1) is 0 Å². The highest BCUT2D eigenvalue weighted by atomic mass is 16.3. The van der Waals surface area contributed by atoms with Crippen LogP contribution in [0.3, 0.4) is 0 Å². The summed E-state index contributed by atoms with van der Waals surface area (Å²) in [6.07, 6.45) is 2.54. The average molecular weight is 307 g/mol. The van der Waals surface area contributed by atoms with E-state index in [2.05, 4.69) is 5.32 Å². The highest BCUT2D eigenvalue weighted by Gasteiger charge is 2.16. The van der Waals surface area contributed by atoms with Crippen LogP contribution < -0.4 is 5.32 Å². The molecule has 2 N–H and O–H groups in total. The van der Waals surface area contributed by atoms with Gasteiger partial charge in [-0.15, -0.1) is 0 Å². The molecule has 0 saturated carbocycles. The van der Waals surface area contributed by atoms with Crippen LogP contribution in [-0.2, 0) is 17.6 Å². The van der Waals surface area contributed by atoms with Gasteiger partial charge in [0, 0.05) is 11.3 Å². The van der Waals surface area contributed by atoms with E-state index >= 15 is 0 Å². The quantitative estimate of drug-likeness (QED) is 0.685. The lowest BCUT2D eigenvalue weighted by atomic mass is 9.83. The minimum atomic E-state index is -0.327. The molecule has 5 heteroatoms. The summed E-state index contributed by atoms with van der Waals surface area (Å²) >= 11 is 0. The highest BCUT2D eigenvalue weighted by molar-refractivity contribution is 6.28. The van der Waals surface area contributed by atoms with Gasteiger partial charge in [-0.3, -0.25) is 4.79 Å². The maximum Gasteiger partial charge on any atom is 0.293 e. The van der Waals surface area contributed by atoms with E-state index in [0.29, 0.717) is 12.8 Å². The predicted molar refractivity (Wildman–Crippen MR) is 91.4 cm³/mol. The summed E-state index contributed by atoms with van der Waals surface area (Å²) in [6, 6.07) is 17.3. The number of furan rings is 1. The molecule has 0 spiro atoms. The third kappa shape index (κ3) is 3.82. The first-order chi connectivity index (χ1) is 11.3. The van der Waals surface area contributed by atoms with Crippen LogP contribution in [0.25, 0.3) is 11.0 Å². The van der Waals surface area contributed by atoms with Gasteiger partial charge in [0.2, 0.25) is 5.91 Å². The molecule has 1 heterocycles. The molecule has 0 aliphatic rings. The van der Waals surface area contributed by atoms with E-state index in [1.807, 2.05) is 54.6 Å². The Morgan fingerprint density at radius 2 is 1.87 bits per heavy atom. The first kappa shape index (κ1) is 15.4. The van der Waals surface area contributed by atoms with Gasteiger partial charge in [0.25, 0.3) is 7.48 Å². The number of para-hydroxylation sites is 1. The number of hydrogen-bond acceptors (Lipinski definition) is 3. The predicted octanol–water partition coefficient (Wildman–Crippen LogP) is 2.00. The Labute approximate surface area is 135 Å². The molecule has 1 unspecified atom stereocenters. The Hall–Kier alpha value is -2.53. The van der Waals surface area contributed by atoms with Gasteiger partial charge in [-0.25, -0.2) is 0 Å². The van der Waals surface area contributed by atoms with E-state index in [0.717, 1.165) is 22.1 Å². The molecular weight excluding hydrogens is 289 g/mol. The Morgan fingerprint density at radius 3 is 2.65 bits per heavy atom. The van der Waals surface area contributed by atoms with Crippen molar-refractivity contribution >= 4 is 24.4 Å². The zero-order valence-corrected chi connectivity index (χ0v) is 12.7. The number of amides is 1. The van der Waals surface area contributed by atoms with Crippen LogP contribution in [0.5, 0.6) is 0 Å². The van der Waals surface area contributed by atoms with Crippen LogP contribution in [0.4, 0.5) is 0 Å². The van der Waals surface area contributed by atoms with Crippen molar-refractivity contribution in [1.82, 2.24) is 5.32 Å². The summed E-state index contributed by atoms with van der Waals surface area (Å²) in [5, 5.41) is 13.5. The fraction of sp³-hybridized carbons (Fsp3) is 0.167. The average Bonchev–Trinajstić information content (AvgIpc) is 2.98. The van der Waals surface area contributed by atoms with Gasteiger partial charge < -0.3 is 14.8 Å². The molecular formula is C18H18BNO3. The molecule has 1 amide bonds. The van der Waals surface area contributed by atoms with E-state index in [4.69, 9.17) is 4.42 Å². The third-order valence-electron chi connectivity index (χ3n) is 3.82. The van der Waals surface area contributed by atoms with Gasteiger partial charge in [-0.2, -0.15) is 0 Å². The second-order valence-corrected chi connectivity index (χ2v) is 5.57. The normalized spacial score (nSPS) is 12.0. The smallest absolute Gasteiger partial charge is 0.293 e. The van der Waals surface area contributed by atoms with Crippen molar-refractivity contribution in [2.24, 2.45) is 0 Å². The molecule has 1 atom stereocenters. The van der Waals surface area contributed by atoms with Crippen molar-refractivity contribution in [1.29, 1.82) is 0 Å². The minimum absolute atomic E-state index is 0.0944. The molecule has 0 fully saturated rings. The lowest BCUT2D eigenvalue weighted by molar-refractivity contribution is -0.120. The van der Waals surface area contributed by atoms with Gasteiger partial charge in [0.05, 0.1) is 12.7 Å². The summed E-state index contributed by atoms with van der Waals surface area (Å²) < 4.78 is 5.50. The topological polar surface area (TPSA) is 62.5 Å². The molecule has 116 valence electrons. The maximum absolute atomic E-state index is 12.1. The van der Waals surface area contributed by atoms with Gasteiger partial charge in [0.1, 0.15) is 5.58 Å². The fourth-order valence-corrected chi connectivity index (χ4v) is 2.68. The number of benzene rings is 2. The van der Waals surface area contributed by atoms with Crippen LogP contribution >= 0.6 is 0 Å². The zero-order chi connectivity index (χ0) is 16.1. The van der Waals surface area contributed by atoms with Crippen molar-refractivity contribution < 1.29 is 14.2 Å². The number of rotatable bonds is 6. The number of carbonyl (C=O) groups is 1. The molecule has 3 aromatic rings. The van der Waals surface area contributed by atoms with Crippen LogP contribution in [0.1, 0.15) is 11.1 Å². The number of fused-ring (bicyclic) bond motifs is 1. The largest absolute Gasteiger partial charge is 0.464 e. The first-order valence-corrected chi connectivity index (χ1v) is 7.65. The zero-order valence-electron chi connectivity index (χ0n) is 12.7. The SMILES string of the molecule is O=C(Cc1ccccc1)NC(BO)Cc1coc2ccccc12. The Kier molecular flexibility index (Phi) is 4.78. The molecule has 0 saturated heterocycles. The summed E-state index contributed by atoms with van der Waals surface area (Å²) in [5.74, 6) is -0.421. The second kappa shape index (κ2) is 7.16. The van der Waals surface area contributed by atoms with E-state index in [1.54, 1.807) is 6.26 Å². The molecule has 4 nitrogen and oxygen atoms in total. The van der Waals surface area contributed by atoms with Crippen LogP contribution in [-0.4, -0.2) is 24.4 Å². The van der Waals surface area contributed by atoms with Gasteiger partial charge in [-0.05, 0) is 23.6 Å². The van der Waals surface area contributed by atoms with Crippen molar-refractivity contribution in [2.75, 3.05) is 0 Å². The monoisotopic (exact) mass is 307 g/mol. The summed E-state index contributed by atoms with van der Waals surface area (Å²) in [5.41, 5.74) is 2.75. The molecule has 3 rings (SSSR count). The lowest BCUT2D eigenvalue weighted by Gasteiger charge is -2.15. The number of nitrogens with one attached hydrogen (secondary N) is 1. The Bertz CT molecular complexity index is 785. The summed E-state index contributed by atoms with van der Waals surface area (Å²) in [4.78, 5) is 12.1. The number of carbonyl (C=O) groups excluding carboxylic acids is 1. The van der Waals surface area contributed by atoms with Gasteiger partial charge in [0.15, 0.2) is 0 Å². The Balaban J connectivity index is 1.65. The molecule has 0 bridgehead atoms. The van der Waals surface area contributed by atoms with E-state index in [-0.39, 0.29) is 19.3 Å². The number of hydrogen-bond donors (Lipinski definition) is 2. The molecule has 0 radical (unpaired) electrons. The maximum atomic E-state index is 12.1. The molecule has 2 aromatic carbocycles.